The Kier molecular flexibility index (Phi) is 14.6. The van der Waals surface area contributed by atoms with Crippen LogP contribution in [-0.2, 0) is 26.6 Å². The Morgan fingerprint density at radius 2 is 2.22 bits per heavy atom. The van der Waals surface area contributed by atoms with Crippen LogP contribution in [0.1, 0.15) is 19.8 Å². The minimum atomic E-state index is 0. The van der Waals surface area contributed by atoms with Gasteiger partial charge in [-0.3, -0.25) is 0 Å². The molecule has 0 aliphatic heterocycles. The van der Waals surface area contributed by atoms with Gasteiger partial charge in [-0.2, -0.15) is 0 Å². The Labute approximate surface area is 66.4 Å². The van der Waals surface area contributed by atoms with E-state index in [0.29, 0.717) is 0 Å². The van der Waals surface area contributed by atoms with Crippen LogP contribution in [-0.4, -0.2) is 19.5 Å². The fraction of sp³-hybridized carbons (Fsp3) is 0.833. The third-order valence-electron chi connectivity index (χ3n) is 0.828. The fourth-order valence-electron chi connectivity index (χ4n) is 0.378. The van der Waals surface area contributed by atoms with Gasteiger partial charge in [0, 0.05) is 23.7 Å². The van der Waals surface area contributed by atoms with Crippen LogP contribution in [0, 0.1) is 0 Å². The average Bonchev–Trinajstić information content (AvgIpc) is 1.81. The molecule has 0 aromatic heterocycles. The fourth-order valence-corrected chi connectivity index (χ4v) is 0.378. The Morgan fingerprint density at radius 3 is 2.67 bits per heavy atom. The summed E-state index contributed by atoms with van der Waals surface area (Å²) in [4.78, 5) is 9.64. The number of carbonyl (C=O) groups excluding carboxylic acids is 1. The summed E-state index contributed by atoms with van der Waals surface area (Å²) in [6.07, 6.45) is 2.95. The van der Waals surface area contributed by atoms with Crippen LogP contribution in [0.2, 0.25) is 0 Å². The van der Waals surface area contributed by atoms with E-state index in [0.717, 1.165) is 25.7 Å². The van der Waals surface area contributed by atoms with Gasteiger partial charge >= 0.3 is 0 Å². The van der Waals surface area contributed by atoms with Crippen molar-refractivity contribution in [3.8, 4) is 0 Å². The van der Waals surface area contributed by atoms with E-state index in [-0.39, 0.29) is 23.7 Å². The molecular weight excluding hydrogens is 168 g/mol. The molecule has 0 bridgehead atoms. The monoisotopic (exact) mass is 179 g/mol. The van der Waals surface area contributed by atoms with Gasteiger partial charge in [-0.25, -0.2) is 0 Å². The predicted molar refractivity (Wildman–Crippen MR) is 31.8 cm³/mol. The van der Waals surface area contributed by atoms with Gasteiger partial charge in [-0.15, -0.1) is 0 Å². The van der Waals surface area contributed by atoms with Gasteiger partial charge in [-0.1, -0.05) is 13.3 Å². The molecule has 0 heterocycles. The maximum atomic E-state index is 9.64. The topological polar surface area (TPSA) is 26.3 Å². The van der Waals surface area contributed by atoms with Crippen LogP contribution in [0.15, 0.2) is 0 Å². The van der Waals surface area contributed by atoms with Crippen molar-refractivity contribution in [2.45, 2.75) is 19.8 Å². The first-order valence-corrected chi connectivity index (χ1v) is 2.93. The van der Waals surface area contributed by atoms with Gasteiger partial charge in [0.1, 0.15) is 12.9 Å². The summed E-state index contributed by atoms with van der Waals surface area (Å²) in [7, 11) is 0. The van der Waals surface area contributed by atoms with Crippen molar-refractivity contribution in [3.05, 3.63) is 0 Å². The first-order valence-electron chi connectivity index (χ1n) is 2.93. The second kappa shape index (κ2) is 11.0. The van der Waals surface area contributed by atoms with Gasteiger partial charge in [0.25, 0.3) is 0 Å². The van der Waals surface area contributed by atoms with Crippen LogP contribution in [0.25, 0.3) is 0 Å². The van der Waals surface area contributed by atoms with E-state index in [1.54, 1.807) is 0 Å². The molecule has 59 valence electrons. The number of rotatable bonds is 5. The van der Waals surface area contributed by atoms with E-state index in [9.17, 15) is 4.79 Å². The van der Waals surface area contributed by atoms with Crippen molar-refractivity contribution in [2.24, 2.45) is 0 Å². The Bertz CT molecular complexity index is 57.0. The minimum absolute atomic E-state index is 0. The predicted octanol–water partition coefficient (Wildman–Crippen LogP) is 1.000. The van der Waals surface area contributed by atoms with Crippen molar-refractivity contribution >= 4 is 6.29 Å². The standard InChI is InChI=1S/C6H12O2.Cu/c1-2-3-5-8-6-4-7;/h4H,2-3,5-6H2,1H3;. The molecule has 0 amide bonds. The van der Waals surface area contributed by atoms with Crippen molar-refractivity contribution in [2.75, 3.05) is 13.2 Å². The molecule has 0 N–H and O–H groups in total. The van der Waals surface area contributed by atoms with Crippen LogP contribution >= 0.6 is 0 Å². The molecule has 1 radical (unpaired) electrons. The largest absolute Gasteiger partial charge is 0.374 e. The first kappa shape index (κ1) is 11.9. The summed E-state index contributed by atoms with van der Waals surface area (Å²) in [6, 6.07) is 0. The van der Waals surface area contributed by atoms with E-state index in [1.807, 2.05) is 0 Å². The number of unbranched alkanes of at least 4 members (excludes halogenated alkanes) is 1. The van der Waals surface area contributed by atoms with E-state index >= 15 is 0 Å². The Hall–Kier alpha value is 0.149. The van der Waals surface area contributed by atoms with Crippen LogP contribution in [0.5, 0.6) is 0 Å². The molecule has 2 nitrogen and oxygen atoms in total. The van der Waals surface area contributed by atoms with Gasteiger partial charge in [0.2, 0.25) is 0 Å². The zero-order valence-electron chi connectivity index (χ0n) is 5.52. The maximum Gasteiger partial charge on any atom is 0.145 e. The maximum absolute atomic E-state index is 9.64. The molecule has 0 aromatic carbocycles. The van der Waals surface area contributed by atoms with Gasteiger partial charge in [0.15, 0.2) is 0 Å². The SMILES string of the molecule is CCCCOCC=O.[Cu]. The average molecular weight is 180 g/mol. The van der Waals surface area contributed by atoms with Gasteiger partial charge < -0.3 is 9.53 Å². The Balaban J connectivity index is 0. The molecule has 0 unspecified atom stereocenters. The number of aldehydes is 1. The van der Waals surface area contributed by atoms with E-state index in [4.69, 9.17) is 4.74 Å². The van der Waals surface area contributed by atoms with E-state index in [2.05, 4.69) is 6.92 Å². The number of hydrogen-bond donors (Lipinski definition) is 0. The third-order valence-corrected chi connectivity index (χ3v) is 0.828. The summed E-state index contributed by atoms with van der Waals surface area (Å²) in [6.45, 7) is 3.06. The number of carbonyl (C=O) groups is 1. The Morgan fingerprint density at radius 1 is 1.56 bits per heavy atom. The van der Waals surface area contributed by atoms with E-state index in [1.165, 1.54) is 0 Å². The molecule has 0 rings (SSSR count). The molecule has 0 spiro atoms. The molecule has 0 saturated heterocycles. The van der Waals surface area contributed by atoms with Crippen molar-refractivity contribution in [1.82, 2.24) is 0 Å². The molecular formula is C6H12CuO2. The van der Waals surface area contributed by atoms with Crippen molar-refractivity contribution in [1.29, 1.82) is 0 Å². The molecule has 0 fully saturated rings. The molecule has 3 heteroatoms. The van der Waals surface area contributed by atoms with Crippen molar-refractivity contribution in [3.63, 3.8) is 0 Å². The van der Waals surface area contributed by atoms with Crippen LogP contribution in [0.3, 0.4) is 0 Å². The molecule has 0 aromatic rings. The number of ether oxygens (including phenoxy) is 1. The second-order valence-corrected chi connectivity index (χ2v) is 1.60. The zero-order valence-corrected chi connectivity index (χ0v) is 6.47. The third kappa shape index (κ3) is 11.6. The number of hydrogen-bond acceptors (Lipinski definition) is 2. The molecule has 0 aliphatic rings. The smallest absolute Gasteiger partial charge is 0.145 e. The summed E-state index contributed by atoms with van der Waals surface area (Å²) < 4.78 is 4.86. The van der Waals surface area contributed by atoms with Gasteiger partial charge in [-0.05, 0) is 6.42 Å². The summed E-state index contributed by atoms with van der Waals surface area (Å²) in [5.41, 5.74) is 0. The summed E-state index contributed by atoms with van der Waals surface area (Å²) in [5, 5.41) is 0. The first-order chi connectivity index (χ1) is 3.91. The zero-order chi connectivity index (χ0) is 6.24. The normalized spacial score (nSPS) is 8.11. The minimum Gasteiger partial charge on any atom is -0.374 e. The molecule has 0 atom stereocenters. The van der Waals surface area contributed by atoms with Crippen LogP contribution in [0.4, 0.5) is 0 Å². The molecule has 9 heavy (non-hydrogen) atoms. The second-order valence-electron chi connectivity index (χ2n) is 1.60. The van der Waals surface area contributed by atoms with E-state index < -0.39 is 0 Å². The summed E-state index contributed by atoms with van der Waals surface area (Å²) in [5.74, 6) is 0. The molecule has 0 saturated carbocycles. The summed E-state index contributed by atoms with van der Waals surface area (Å²) >= 11 is 0. The van der Waals surface area contributed by atoms with Gasteiger partial charge in [0.05, 0.1) is 0 Å². The van der Waals surface area contributed by atoms with Crippen LogP contribution < -0.4 is 0 Å². The van der Waals surface area contributed by atoms with Crippen molar-refractivity contribution < 1.29 is 26.6 Å². The molecule has 0 aliphatic carbocycles. The quantitative estimate of drug-likeness (QED) is 0.358.